The highest BCUT2D eigenvalue weighted by molar-refractivity contribution is 6.31. The van der Waals surface area contributed by atoms with E-state index in [2.05, 4.69) is 5.32 Å². The molecule has 1 amide bonds. The van der Waals surface area contributed by atoms with Crippen LogP contribution in [0.15, 0.2) is 51.7 Å². The molecule has 160 valence electrons. The summed E-state index contributed by atoms with van der Waals surface area (Å²) in [7, 11) is 0. The molecule has 3 rings (SSSR count). The first kappa shape index (κ1) is 22.0. The largest absolute Gasteiger partial charge is 0.423 e. The summed E-state index contributed by atoms with van der Waals surface area (Å²) in [5.74, 6) is -1.52. The van der Waals surface area contributed by atoms with Crippen molar-refractivity contribution in [3.63, 3.8) is 0 Å². The van der Waals surface area contributed by atoms with Gasteiger partial charge in [0, 0.05) is 28.6 Å². The third-order valence-electron chi connectivity index (χ3n) is 4.53. The minimum atomic E-state index is -0.977. The van der Waals surface area contributed by atoms with Crippen LogP contribution in [0.3, 0.4) is 0 Å². The molecule has 3 aromatic rings. The Morgan fingerprint density at radius 3 is 2.61 bits per heavy atom. The lowest BCUT2D eigenvalue weighted by Gasteiger charge is -2.11. The van der Waals surface area contributed by atoms with Gasteiger partial charge in [0.1, 0.15) is 22.5 Å². The van der Waals surface area contributed by atoms with Crippen LogP contribution in [0.2, 0.25) is 5.02 Å². The van der Waals surface area contributed by atoms with Gasteiger partial charge in [-0.2, -0.15) is 0 Å². The summed E-state index contributed by atoms with van der Waals surface area (Å²) in [6, 6.07) is 9.03. The van der Waals surface area contributed by atoms with Crippen LogP contribution < -0.4 is 15.7 Å². The molecule has 9 nitrogen and oxygen atoms in total. The highest BCUT2D eigenvalue weighted by Crippen LogP contribution is 2.26. The molecule has 0 bridgehead atoms. The molecule has 1 aromatic heterocycles. The van der Waals surface area contributed by atoms with Crippen LogP contribution in [0, 0.1) is 10.1 Å². The van der Waals surface area contributed by atoms with Gasteiger partial charge < -0.3 is 14.5 Å². The van der Waals surface area contributed by atoms with E-state index in [0.717, 1.165) is 6.07 Å². The summed E-state index contributed by atoms with van der Waals surface area (Å²) in [4.78, 5) is 47.3. The molecular weight excluding hydrogens is 428 g/mol. The van der Waals surface area contributed by atoms with Gasteiger partial charge in [0.2, 0.25) is 0 Å². The molecule has 0 saturated heterocycles. The number of amides is 1. The van der Waals surface area contributed by atoms with Crippen molar-refractivity contribution < 1.29 is 23.7 Å². The second-order valence-corrected chi connectivity index (χ2v) is 7.17. The molecule has 1 unspecified atom stereocenters. The van der Waals surface area contributed by atoms with Crippen LogP contribution in [-0.2, 0) is 0 Å². The first-order valence-electron chi connectivity index (χ1n) is 9.24. The summed E-state index contributed by atoms with van der Waals surface area (Å²) in [5.41, 5.74) is -1.68. The molecule has 0 aliphatic carbocycles. The molecule has 1 atom stereocenters. The van der Waals surface area contributed by atoms with E-state index in [0.29, 0.717) is 11.8 Å². The molecule has 0 spiro atoms. The third-order valence-corrected chi connectivity index (χ3v) is 4.76. The maximum absolute atomic E-state index is 12.4. The Morgan fingerprint density at radius 2 is 1.94 bits per heavy atom. The second kappa shape index (κ2) is 8.97. The van der Waals surface area contributed by atoms with Gasteiger partial charge in [0.05, 0.1) is 4.92 Å². The lowest BCUT2D eigenvalue weighted by molar-refractivity contribution is -0.385. The summed E-state index contributed by atoms with van der Waals surface area (Å²) >= 11 is 5.75. The molecule has 0 fully saturated rings. The Kier molecular flexibility index (Phi) is 6.36. The van der Waals surface area contributed by atoms with Crippen LogP contribution in [0.5, 0.6) is 5.75 Å². The molecule has 0 aliphatic rings. The number of nitrogens with one attached hydrogen (secondary N) is 1. The van der Waals surface area contributed by atoms with Gasteiger partial charge in [-0.25, -0.2) is 9.59 Å². The SMILES string of the molecule is CCC(C)NC(=O)c1cc2ccc(OC(=O)c3ccc(Cl)cc3[N+](=O)[O-])cc2oc1=O. The lowest BCUT2D eigenvalue weighted by Crippen LogP contribution is -2.34. The molecule has 31 heavy (non-hydrogen) atoms. The van der Waals surface area contributed by atoms with Crippen LogP contribution in [0.4, 0.5) is 5.69 Å². The molecule has 10 heteroatoms. The van der Waals surface area contributed by atoms with Gasteiger partial charge in [-0.15, -0.1) is 0 Å². The summed E-state index contributed by atoms with van der Waals surface area (Å²) in [6.07, 6.45) is 0.700. The molecule has 1 heterocycles. The average Bonchev–Trinajstić information content (AvgIpc) is 2.72. The van der Waals surface area contributed by atoms with Gasteiger partial charge in [-0.1, -0.05) is 18.5 Å². The number of nitrogens with zero attached hydrogens (tertiary/aromatic N) is 1. The van der Waals surface area contributed by atoms with Gasteiger partial charge in [-0.3, -0.25) is 14.9 Å². The van der Waals surface area contributed by atoms with Crippen molar-refractivity contribution in [1.82, 2.24) is 5.32 Å². The van der Waals surface area contributed by atoms with E-state index < -0.39 is 28.1 Å². The Hall–Kier alpha value is -3.72. The van der Waals surface area contributed by atoms with Crippen LogP contribution in [0.1, 0.15) is 41.0 Å². The van der Waals surface area contributed by atoms with E-state index in [1.54, 1.807) is 0 Å². The van der Waals surface area contributed by atoms with Crippen molar-refractivity contribution in [3.8, 4) is 5.75 Å². The second-order valence-electron chi connectivity index (χ2n) is 6.74. The minimum Gasteiger partial charge on any atom is -0.423 e. The molecule has 1 N–H and O–H groups in total. The zero-order chi connectivity index (χ0) is 22.7. The number of rotatable bonds is 6. The van der Waals surface area contributed by atoms with Crippen molar-refractivity contribution in [3.05, 3.63) is 79.1 Å². The average molecular weight is 445 g/mol. The number of esters is 1. The predicted octanol–water partition coefficient (Wildman–Crippen LogP) is 4.10. The predicted molar refractivity (Wildman–Crippen MR) is 113 cm³/mol. The number of nitro benzene ring substituents is 1. The van der Waals surface area contributed by atoms with Crippen LogP contribution >= 0.6 is 11.6 Å². The topological polar surface area (TPSA) is 129 Å². The van der Waals surface area contributed by atoms with E-state index in [4.69, 9.17) is 20.8 Å². The van der Waals surface area contributed by atoms with Crippen molar-refractivity contribution >= 4 is 40.1 Å². The minimum absolute atomic E-state index is 0.00158. The lowest BCUT2D eigenvalue weighted by atomic mass is 10.1. The number of hydrogen-bond donors (Lipinski definition) is 1. The fourth-order valence-electron chi connectivity index (χ4n) is 2.71. The highest BCUT2D eigenvalue weighted by atomic mass is 35.5. The van der Waals surface area contributed by atoms with Crippen LogP contribution in [-0.4, -0.2) is 22.8 Å². The first-order chi connectivity index (χ1) is 14.7. The van der Waals surface area contributed by atoms with Crippen molar-refractivity contribution in [2.75, 3.05) is 0 Å². The first-order valence-corrected chi connectivity index (χ1v) is 9.62. The van der Waals surface area contributed by atoms with Gasteiger partial charge in [-0.05, 0) is 43.7 Å². The zero-order valence-electron chi connectivity index (χ0n) is 16.5. The molecular formula is C21H17ClN2O7. The smallest absolute Gasteiger partial charge is 0.350 e. The number of fused-ring (bicyclic) bond motifs is 1. The normalized spacial score (nSPS) is 11.7. The van der Waals surface area contributed by atoms with Crippen molar-refractivity contribution in [1.29, 1.82) is 0 Å². The van der Waals surface area contributed by atoms with Gasteiger partial charge >= 0.3 is 11.6 Å². The number of nitro groups is 1. The highest BCUT2D eigenvalue weighted by Gasteiger charge is 2.23. The van der Waals surface area contributed by atoms with Gasteiger partial charge in [0.25, 0.3) is 11.6 Å². The Bertz CT molecular complexity index is 1250. The molecule has 0 radical (unpaired) electrons. The van der Waals surface area contributed by atoms with E-state index in [-0.39, 0.29) is 33.5 Å². The van der Waals surface area contributed by atoms with E-state index in [1.807, 2.05) is 13.8 Å². The van der Waals surface area contributed by atoms with Gasteiger partial charge in [0.15, 0.2) is 0 Å². The van der Waals surface area contributed by atoms with Crippen molar-refractivity contribution in [2.24, 2.45) is 0 Å². The maximum Gasteiger partial charge on any atom is 0.350 e. The summed E-state index contributed by atoms with van der Waals surface area (Å²) in [5, 5.41) is 14.4. The molecule has 2 aromatic carbocycles. The third kappa shape index (κ3) is 4.89. The zero-order valence-corrected chi connectivity index (χ0v) is 17.3. The monoisotopic (exact) mass is 444 g/mol. The maximum atomic E-state index is 12.4. The van der Waals surface area contributed by atoms with E-state index in [9.17, 15) is 24.5 Å². The Labute approximate surface area is 180 Å². The number of benzene rings is 2. The number of carbonyl (C=O) groups excluding carboxylic acids is 2. The van der Waals surface area contributed by atoms with E-state index >= 15 is 0 Å². The standard InChI is InChI=1S/C21H17ClN2O7/c1-3-11(2)23-19(25)16-8-12-4-6-14(10-18(12)31-21(16)27)30-20(26)15-7-5-13(22)9-17(15)24(28)29/h4-11H,3H2,1-2H3,(H,23,25). The summed E-state index contributed by atoms with van der Waals surface area (Å²) < 4.78 is 10.4. The number of carbonyl (C=O) groups is 2. The fourth-order valence-corrected chi connectivity index (χ4v) is 2.87. The van der Waals surface area contributed by atoms with Crippen molar-refractivity contribution in [2.45, 2.75) is 26.3 Å². The van der Waals surface area contributed by atoms with Crippen LogP contribution in [0.25, 0.3) is 11.0 Å². The number of hydrogen-bond acceptors (Lipinski definition) is 7. The fraction of sp³-hybridized carbons (Fsp3) is 0.190. The molecule has 0 saturated carbocycles. The number of ether oxygens (including phenoxy) is 1. The Morgan fingerprint density at radius 1 is 1.19 bits per heavy atom. The Balaban J connectivity index is 1.89. The van der Waals surface area contributed by atoms with E-state index in [1.165, 1.54) is 36.4 Å². The number of halogens is 1. The quantitative estimate of drug-likeness (QED) is 0.199. The summed E-state index contributed by atoms with van der Waals surface area (Å²) in [6.45, 7) is 3.71. The molecule has 0 aliphatic heterocycles.